The summed E-state index contributed by atoms with van der Waals surface area (Å²) in [5.41, 5.74) is 4.87. The molecule has 0 radical (unpaired) electrons. The van der Waals surface area contributed by atoms with E-state index in [1.165, 1.54) is 37.0 Å². The Balaban J connectivity index is 1.37. The van der Waals surface area contributed by atoms with Crippen LogP contribution in [0, 0.1) is 17.5 Å². The number of aliphatic hydroxyl groups excluding tert-OH is 1. The number of unbranched alkanes of at least 4 members (excludes halogenated alkanes) is 2. The summed E-state index contributed by atoms with van der Waals surface area (Å²) >= 11 is 0. The number of aliphatic hydroxyl groups is 1. The molecule has 0 aromatic heterocycles. The largest absolute Gasteiger partial charge is 0.462 e. The van der Waals surface area contributed by atoms with Crippen molar-refractivity contribution in [1.29, 1.82) is 0 Å². The summed E-state index contributed by atoms with van der Waals surface area (Å²) in [6, 6.07) is 16.9. The van der Waals surface area contributed by atoms with Gasteiger partial charge in [0, 0.05) is 17.7 Å². The summed E-state index contributed by atoms with van der Waals surface area (Å²) in [6.07, 6.45) is 9.35. The fourth-order valence-corrected chi connectivity index (χ4v) is 6.84. The van der Waals surface area contributed by atoms with Crippen molar-refractivity contribution in [3.05, 3.63) is 106 Å². The van der Waals surface area contributed by atoms with Crippen LogP contribution >= 0.6 is 0 Å². The Hall–Kier alpha value is -3.38. The summed E-state index contributed by atoms with van der Waals surface area (Å²) in [7, 11) is 0. The first-order valence-corrected chi connectivity index (χ1v) is 17.0. The third kappa shape index (κ3) is 9.57. The third-order valence-corrected chi connectivity index (χ3v) is 9.49. The van der Waals surface area contributed by atoms with Crippen LogP contribution in [-0.4, -0.2) is 24.3 Å². The number of rotatable bonds is 16. The maximum absolute atomic E-state index is 15.5. The molecule has 3 aromatic rings. The van der Waals surface area contributed by atoms with Gasteiger partial charge in [-0.05, 0) is 135 Å². The van der Waals surface area contributed by atoms with Crippen LogP contribution in [0.1, 0.15) is 124 Å². The fraction of sp³-hybridized carbons (Fsp3) is 0.475. The van der Waals surface area contributed by atoms with E-state index < -0.39 is 23.5 Å². The van der Waals surface area contributed by atoms with E-state index in [9.17, 15) is 9.90 Å². The zero-order valence-corrected chi connectivity index (χ0v) is 27.4. The molecule has 1 fully saturated rings. The third-order valence-electron chi connectivity index (χ3n) is 9.49. The quantitative estimate of drug-likeness (QED) is 0.0969. The van der Waals surface area contributed by atoms with Crippen LogP contribution in [0.3, 0.4) is 0 Å². The van der Waals surface area contributed by atoms with Crippen molar-refractivity contribution in [1.82, 2.24) is 0 Å². The summed E-state index contributed by atoms with van der Waals surface area (Å²) in [5.74, 6) is -2.19. The average molecular weight is 635 g/mol. The number of carbonyl (C=O) groups is 1. The Labute approximate surface area is 272 Å². The predicted molar refractivity (Wildman–Crippen MR) is 179 cm³/mol. The van der Waals surface area contributed by atoms with Crippen molar-refractivity contribution in [3.8, 4) is 11.1 Å². The number of benzene rings is 3. The van der Waals surface area contributed by atoms with Crippen molar-refractivity contribution in [2.24, 2.45) is 0 Å². The van der Waals surface area contributed by atoms with Gasteiger partial charge in [0.25, 0.3) is 0 Å². The first-order valence-electron chi connectivity index (χ1n) is 17.0. The number of carbonyl (C=O) groups excluding carboxylic acids is 1. The van der Waals surface area contributed by atoms with Crippen LogP contribution in [0.5, 0.6) is 0 Å². The summed E-state index contributed by atoms with van der Waals surface area (Å²) in [4.78, 5) is 11.7. The van der Waals surface area contributed by atoms with Crippen LogP contribution < -0.4 is 0 Å². The lowest BCUT2D eigenvalue weighted by molar-refractivity contribution is -0.139. The molecule has 0 aliphatic heterocycles. The number of aryl methyl sites for hydroxylation is 1. The molecule has 1 unspecified atom stereocenters. The van der Waals surface area contributed by atoms with Crippen LogP contribution in [0.25, 0.3) is 11.1 Å². The Morgan fingerprint density at radius 1 is 0.848 bits per heavy atom. The zero-order valence-electron chi connectivity index (χ0n) is 27.4. The maximum atomic E-state index is 15.5. The monoisotopic (exact) mass is 634 g/mol. The van der Waals surface area contributed by atoms with Crippen LogP contribution in [0.15, 0.2) is 66.7 Å². The number of esters is 1. The van der Waals surface area contributed by atoms with Crippen LogP contribution in [0.4, 0.5) is 13.2 Å². The molecule has 0 bridgehead atoms. The second kappa shape index (κ2) is 17.5. The Morgan fingerprint density at radius 3 is 2.09 bits per heavy atom. The lowest BCUT2D eigenvalue weighted by Gasteiger charge is -2.30. The summed E-state index contributed by atoms with van der Waals surface area (Å²) in [5, 5.41) is 9.36. The molecular formula is C40H49F3O3. The van der Waals surface area contributed by atoms with Crippen LogP contribution in [0.2, 0.25) is 0 Å². The van der Waals surface area contributed by atoms with E-state index in [2.05, 4.69) is 37.8 Å². The molecule has 0 saturated heterocycles. The van der Waals surface area contributed by atoms with Crippen molar-refractivity contribution in [3.63, 3.8) is 0 Å². The number of hydrogen-bond acceptors (Lipinski definition) is 3. The molecule has 1 atom stereocenters. The molecule has 0 spiro atoms. The van der Waals surface area contributed by atoms with Gasteiger partial charge in [0.2, 0.25) is 0 Å². The van der Waals surface area contributed by atoms with E-state index in [-0.39, 0.29) is 36.4 Å². The van der Waals surface area contributed by atoms with Gasteiger partial charge < -0.3 is 9.84 Å². The van der Waals surface area contributed by atoms with E-state index in [1.54, 1.807) is 13.0 Å². The molecule has 0 amide bonds. The molecule has 3 nitrogen and oxygen atoms in total. The molecule has 4 rings (SSSR count). The molecule has 46 heavy (non-hydrogen) atoms. The van der Waals surface area contributed by atoms with Gasteiger partial charge >= 0.3 is 5.97 Å². The lowest BCUT2D eigenvalue weighted by Crippen LogP contribution is -2.15. The Morgan fingerprint density at radius 2 is 1.48 bits per heavy atom. The van der Waals surface area contributed by atoms with E-state index in [1.807, 2.05) is 12.1 Å². The fourth-order valence-electron chi connectivity index (χ4n) is 6.84. The molecule has 1 N–H and O–H groups in total. The highest BCUT2D eigenvalue weighted by atomic mass is 19.1. The van der Waals surface area contributed by atoms with Gasteiger partial charge in [-0.1, -0.05) is 62.7 Å². The summed E-state index contributed by atoms with van der Waals surface area (Å²) in [6.45, 7) is 7.39. The molecule has 1 saturated carbocycles. The standard InChI is InChI=1S/C40H49F3O3/c1-4-5-6-9-28-12-14-29(15-13-28)33-20-21-35(36(41)24-33)31-18-16-30(17-19-31)34-25-37(42)39(38(43)26-34)32(10-7-22-44)11-8-23-46-40(45)27(2)3/h12-15,20-21,24-26,30-32,44H,2,4-11,16-19,22-23H2,1,3H3. The second-order valence-electron chi connectivity index (χ2n) is 13.0. The Kier molecular flexibility index (Phi) is 13.5. The van der Waals surface area contributed by atoms with E-state index in [0.29, 0.717) is 42.4 Å². The average Bonchev–Trinajstić information content (AvgIpc) is 3.05. The van der Waals surface area contributed by atoms with Crippen molar-refractivity contribution in [2.75, 3.05) is 13.2 Å². The minimum absolute atomic E-state index is 0.00456. The number of halogens is 3. The van der Waals surface area contributed by atoms with Gasteiger partial charge in [-0.15, -0.1) is 0 Å². The van der Waals surface area contributed by atoms with Gasteiger partial charge in [-0.3, -0.25) is 0 Å². The molecule has 1 aliphatic rings. The second-order valence-corrected chi connectivity index (χ2v) is 13.0. The molecular weight excluding hydrogens is 585 g/mol. The minimum Gasteiger partial charge on any atom is -0.462 e. The van der Waals surface area contributed by atoms with Gasteiger partial charge in [0.05, 0.1) is 6.61 Å². The highest BCUT2D eigenvalue weighted by molar-refractivity contribution is 5.86. The van der Waals surface area contributed by atoms with Crippen molar-refractivity contribution in [2.45, 2.75) is 109 Å². The molecule has 6 heteroatoms. The minimum atomic E-state index is -0.574. The van der Waals surface area contributed by atoms with Gasteiger partial charge in [-0.2, -0.15) is 0 Å². The molecule has 248 valence electrons. The number of hydrogen-bond donors (Lipinski definition) is 1. The van der Waals surface area contributed by atoms with E-state index >= 15 is 13.2 Å². The zero-order chi connectivity index (χ0) is 33.1. The predicted octanol–water partition coefficient (Wildman–Crippen LogP) is 10.7. The van der Waals surface area contributed by atoms with Gasteiger partial charge in [-0.25, -0.2) is 18.0 Å². The van der Waals surface area contributed by atoms with Gasteiger partial charge in [0.15, 0.2) is 0 Å². The van der Waals surface area contributed by atoms with Crippen molar-refractivity contribution < 1.29 is 27.8 Å². The van der Waals surface area contributed by atoms with E-state index in [4.69, 9.17) is 4.74 Å². The first kappa shape index (κ1) is 35.5. The lowest BCUT2D eigenvalue weighted by atomic mass is 9.75. The van der Waals surface area contributed by atoms with Crippen LogP contribution in [-0.2, 0) is 16.0 Å². The molecule has 0 heterocycles. The smallest absolute Gasteiger partial charge is 0.333 e. The highest BCUT2D eigenvalue weighted by Gasteiger charge is 2.28. The summed E-state index contributed by atoms with van der Waals surface area (Å²) < 4.78 is 51.5. The first-order chi connectivity index (χ1) is 22.2. The van der Waals surface area contributed by atoms with E-state index in [0.717, 1.165) is 43.2 Å². The van der Waals surface area contributed by atoms with Gasteiger partial charge in [0.1, 0.15) is 17.5 Å². The SMILES string of the molecule is C=C(C)C(=O)OCCCC(CCCO)c1c(F)cc(C2CCC(c3ccc(-c4ccc(CCCCC)cc4)cc3F)CC2)cc1F. The highest BCUT2D eigenvalue weighted by Crippen LogP contribution is 2.43. The molecule has 3 aromatic carbocycles. The maximum Gasteiger partial charge on any atom is 0.333 e. The van der Waals surface area contributed by atoms with Crippen molar-refractivity contribution >= 4 is 5.97 Å². The normalized spacial score (nSPS) is 17.1. The topological polar surface area (TPSA) is 46.5 Å². The Bertz CT molecular complexity index is 1420. The molecule has 1 aliphatic carbocycles. The number of ether oxygens (including phenoxy) is 1.